The first-order valence-electron chi connectivity index (χ1n) is 9.94. The van der Waals surface area contributed by atoms with Crippen LogP contribution in [0.5, 0.6) is 0 Å². The van der Waals surface area contributed by atoms with Crippen molar-refractivity contribution in [3.05, 3.63) is 29.8 Å². The highest BCUT2D eigenvalue weighted by Crippen LogP contribution is 2.34. The summed E-state index contributed by atoms with van der Waals surface area (Å²) in [5.74, 6) is 3.37. The lowest BCUT2D eigenvalue weighted by atomic mass is 9.96. The molecule has 26 heavy (non-hydrogen) atoms. The van der Waals surface area contributed by atoms with Crippen LogP contribution in [0.1, 0.15) is 31.7 Å². The monoisotopic (exact) mass is 374 g/mol. The van der Waals surface area contributed by atoms with Gasteiger partial charge in [0.05, 0.1) is 24.8 Å². The zero-order valence-corrected chi connectivity index (χ0v) is 16.4. The van der Waals surface area contributed by atoms with Crippen LogP contribution in [0, 0.1) is 0 Å². The van der Waals surface area contributed by atoms with E-state index in [2.05, 4.69) is 46.7 Å². The second kappa shape index (κ2) is 8.53. The van der Waals surface area contributed by atoms with Gasteiger partial charge < -0.3 is 20.3 Å². The van der Waals surface area contributed by atoms with E-state index >= 15 is 0 Å². The first-order valence-corrected chi connectivity index (χ1v) is 11.1. The number of ether oxygens (including phenoxy) is 1. The normalized spacial score (nSPS) is 28.4. The number of thioether (sulfide) groups is 1. The maximum atomic E-state index is 5.95. The Kier molecular flexibility index (Phi) is 5.90. The van der Waals surface area contributed by atoms with Gasteiger partial charge in [0.15, 0.2) is 5.96 Å². The molecule has 142 valence electrons. The molecule has 1 aromatic rings. The van der Waals surface area contributed by atoms with Gasteiger partial charge in [0.25, 0.3) is 0 Å². The van der Waals surface area contributed by atoms with Gasteiger partial charge in [0.1, 0.15) is 0 Å². The predicted octanol–water partition coefficient (Wildman–Crippen LogP) is 2.61. The van der Waals surface area contributed by atoms with Gasteiger partial charge in [0, 0.05) is 36.8 Å². The highest BCUT2D eigenvalue weighted by atomic mass is 32.2. The molecular formula is C20H30N4OS. The Balaban J connectivity index is 1.34. The van der Waals surface area contributed by atoms with Crippen molar-refractivity contribution in [1.82, 2.24) is 10.6 Å². The summed E-state index contributed by atoms with van der Waals surface area (Å²) in [6.45, 7) is 6.00. The average Bonchev–Trinajstić information content (AvgIpc) is 3.31. The molecule has 6 heteroatoms. The minimum atomic E-state index is 0.367. The molecule has 0 amide bonds. The largest absolute Gasteiger partial charge is 0.373 e. The second-order valence-electron chi connectivity index (χ2n) is 7.32. The summed E-state index contributed by atoms with van der Waals surface area (Å²) in [4.78, 5) is 7.27. The molecular weight excluding hydrogens is 344 g/mol. The molecule has 3 saturated heterocycles. The Morgan fingerprint density at radius 1 is 1.23 bits per heavy atom. The molecule has 0 aliphatic carbocycles. The molecule has 0 radical (unpaired) electrons. The zero-order chi connectivity index (χ0) is 17.8. The van der Waals surface area contributed by atoms with E-state index in [1.807, 2.05) is 11.8 Å². The number of aliphatic imine (C=N–C) groups is 1. The van der Waals surface area contributed by atoms with Crippen LogP contribution in [-0.2, 0) is 11.3 Å². The first kappa shape index (κ1) is 18.0. The topological polar surface area (TPSA) is 48.9 Å². The minimum Gasteiger partial charge on any atom is -0.373 e. The van der Waals surface area contributed by atoms with Crippen LogP contribution < -0.4 is 15.5 Å². The van der Waals surface area contributed by atoms with Crippen LogP contribution >= 0.6 is 11.8 Å². The van der Waals surface area contributed by atoms with Crippen LogP contribution in [0.2, 0.25) is 0 Å². The summed E-state index contributed by atoms with van der Waals surface area (Å²) in [5.41, 5.74) is 2.59. The van der Waals surface area contributed by atoms with E-state index in [0.717, 1.165) is 32.0 Å². The minimum absolute atomic E-state index is 0.367. The molecule has 0 saturated carbocycles. The molecule has 5 nitrogen and oxygen atoms in total. The van der Waals surface area contributed by atoms with E-state index in [0.29, 0.717) is 24.8 Å². The molecule has 3 aliphatic rings. The summed E-state index contributed by atoms with van der Waals surface area (Å²) in [7, 11) is 0. The molecule has 3 unspecified atom stereocenters. The molecule has 2 N–H and O–H groups in total. The second-order valence-corrected chi connectivity index (χ2v) is 8.55. The maximum absolute atomic E-state index is 5.95. The molecule has 3 heterocycles. The molecule has 2 bridgehead atoms. The van der Waals surface area contributed by atoms with Crippen molar-refractivity contribution in [3.8, 4) is 0 Å². The first-order chi connectivity index (χ1) is 12.8. The Bertz CT molecular complexity index is 615. The van der Waals surface area contributed by atoms with E-state index in [-0.39, 0.29) is 0 Å². The molecule has 3 fully saturated rings. The summed E-state index contributed by atoms with van der Waals surface area (Å²) < 4.78 is 5.95. The number of nitrogens with one attached hydrogen (secondary N) is 2. The third-order valence-electron chi connectivity index (χ3n) is 5.50. The van der Waals surface area contributed by atoms with Crippen molar-refractivity contribution >= 4 is 23.4 Å². The van der Waals surface area contributed by atoms with Gasteiger partial charge >= 0.3 is 0 Å². The van der Waals surface area contributed by atoms with Crippen molar-refractivity contribution in [3.63, 3.8) is 0 Å². The number of benzene rings is 1. The van der Waals surface area contributed by atoms with Crippen molar-refractivity contribution in [2.24, 2.45) is 4.99 Å². The van der Waals surface area contributed by atoms with Crippen LogP contribution in [0.15, 0.2) is 29.3 Å². The number of hydrogen-bond acceptors (Lipinski definition) is 4. The SMILES string of the molecule is CCNC(=NCc1ccc(N2CCSCC2)cc1)NC1CC2CCC1O2. The zero-order valence-electron chi connectivity index (χ0n) is 15.6. The average molecular weight is 375 g/mol. The Morgan fingerprint density at radius 2 is 2.04 bits per heavy atom. The summed E-state index contributed by atoms with van der Waals surface area (Å²) in [6.07, 6.45) is 4.33. The lowest BCUT2D eigenvalue weighted by Gasteiger charge is -2.28. The van der Waals surface area contributed by atoms with Crippen molar-refractivity contribution in [2.75, 3.05) is 36.0 Å². The number of rotatable bonds is 5. The Labute approximate surface area is 161 Å². The molecule has 0 aromatic heterocycles. The third kappa shape index (κ3) is 4.29. The molecule has 0 spiro atoms. The van der Waals surface area contributed by atoms with Gasteiger partial charge in [0.2, 0.25) is 0 Å². The number of guanidine groups is 1. The highest BCUT2D eigenvalue weighted by molar-refractivity contribution is 7.99. The fraction of sp³-hybridized carbons (Fsp3) is 0.650. The maximum Gasteiger partial charge on any atom is 0.191 e. The van der Waals surface area contributed by atoms with Gasteiger partial charge in [-0.3, -0.25) is 0 Å². The van der Waals surface area contributed by atoms with E-state index in [1.54, 1.807) is 0 Å². The fourth-order valence-electron chi connectivity index (χ4n) is 4.09. The summed E-state index contributed by atoms with van der Waals surface area (Å²) in [5, 5.41) is 6.96. The number of hydrogen-bond donors (Lipinski definition) is 2. The van der Waals surface area contributed by atoms with Crippen LogP contribution in [-0.4, -0.2) is 55.3 Å². The summed E-state index contributed by atoms with van der Waals surface area (Å²) >= 11 is 2.05. The molecule has 1 aromatic carbocycles. The van der Waals surface area contributed by atoms with Crippen molar-refractivity contribution in [2.45, 2.75) is 51.0 Å². The Morgan fingerprint density at radius 3 is 2.69 bits per heavy atom. The van der Waals surface area contributed by atoms with Gasteiger partial charge in [-0.2, -0.15) is 11.8 Å². The van der Waals surface area contributed by atoms with Crippen LogP contribution in [0.3, 0.4) is 0 Å². The lowest BCUT2D eigenvalue weighted by Crippen LogP contribution is -2.47. The molecule has 3 atom stereocenters. The van der Waals surface area contributed by atoms with Crippen molar-refractivity contribution in [1.29, 1.82) is 0 Å². The van der Waals surface area contributed by atoms with Gasteiger partial charge in [-0.25, -0.2) is 4.99 Å². The smallest absolute Gasteiger partial charge is 0.191 e. The van der Waals surface area contributed by atoms with Gasteiger partial charge in [-0.05, 0) is 43.9 Å². The predicted molar refractivity (Wildman–Crippen MR) is 110 cm³/mol. The highest BCUT2D eigenvalue weighted by Gasteiger charge is 2.41. The number of anilines is 1. The Hall–Kier alpha value is -1.40. The fourth-order valence-corrected chi connectivity index (χ4v) is 4.99. The lowest BCUT2D eigenvalue weighted by molar-refractivity contribution is 0.0992. The van der Waals surface area contributed by atoms with E-state index in [1.165, 1.54) is 35.6 Å². The van der Waals surface area contributed by atoms with Crippen LogP contribution in [0.25, 0.3) is 0 Å². The molecule has 4 rings (SSSR count). The molecule has 3 aliphatic heterocycles. The van der Waals surface area contributed by atoms with Crippen molar-refractivity contribution < 1.29 is 4.74 Å². The van der Waals surface area contributed by atoms with E-state index in [4.69, 9.17) is 9.73 Å². The third-order valence-corrected chi connectivity index (χ3v) is 6.45. The van der Waals surface area contributed by atoms with Crippen LogP contribution in [0.4, 0.5) is 5.69 Å². The number of fused-ring (bicyclic) bond motifs is 2. The van der Waals surface area contributed by atoms with Gasteiger partial charge in [-0.15, -0.1) is 0 Å². The van der Waals surface area contributed by atoms with E-state index in [9.17, 15) is 0 Å². The quantitative estimate of drug-likeness (QED) is 0.613. The number of nitrogens with zero attached hydrogens (tertiary/aromatic N) is 2. The standard InChI is InChI=1S/C20H30N4OS/c1-2-21-20(23-18-13-17-7-8-19(18)25-17)22-14-15-3-5-16(6-4-15)24-9-11-26-12-10-24/h3-6,17-19H,2,7-14H2,1H3,(H2,21,22,23). The summed E-state index contributed by atoms with van der Waals surface area (Å²) in [6, 6.07) is 9.32. The van der Waals surface area contributed by atoms with Gasteiger partial charge in [-0.1, -0.05) is 12.1 Å². The van der Waals surface area contributed by atoms with E-state index < -0.39 is 0 Å².